The zero-order chi connectivity index (χ0) is 15.0. The van der Waals surface area contributed by atoms with Gasteiger partial charge in [-0.3, -0.25) is 4.90 Å². The predicted molar refractivity (Wildman–Crippen MR) is 79.2 cm³/mol. The van der Waals surface area contributed by atoms with Gasteiger partial charge in [0.05, 0.1) is 11.5 Å². The predicted octanol–water partition coefficient (Wildman–Crippen LogP) is 0.534. The number of ether oxygens (including phenoxy) is 2. The summed E-state index contributed by atoms with van der Waals surface area (Å²) in [4.78, 5) is 2.07. The van der Waals surface area contributed by atoms with Crippen molar-refractivity contribution in [3.8, 4) is 11.5 Å². The first-order valence-corrected chi connectivity index (χ1v) is 8.84. The van der Waals surface area contributed by atoms with E-state index >= 15 is 0 Å². The Balaban J connectivity index is 1.81. The molecular weight excluding hydrogens is 292 g/mol. The molecule has 0 bridgehead atoms. The molecule has 0 aromatic heterocycles. The van der Waals surface area contributed by atoms with Crippen LogP contribution in [0.3, 0.4) is 0 Å². The third-order valence-corrected chi connectivity index (χ3v) is 6.03. The molecule has 6 nitrogen and oxygen atoms in total. The molecule has 1 aromatic carbocycles. The Kier molecular flexibility index (Phi) is 3.81. The molecule has 0 amide bonds. The van der Waals surface area contributed by atoms with Crippen molar-refractivity contribution in [2.24, 2.45) is 5.73 Å². The van der Waals surface area contributed by atoms with Crippen molar-refractivity contribution < 1.29 is 17.9 Å². The highest BCUT2D eigenvalue weighted by molar-refractivity contribution is 7.91. The quantitative estimate of drug-likeness (QED) is 0.873. The molecule has 21 heavy (non-hydrogen) atoms. The Labute approximate surface area is 124 Å². The molecule has 0 aliphatic carbocycles. The highest BCUT2D eigenvalue weighted by Gasteiger charge is 2.34. The topological polar surface area (TPSA) is 81.9 Å². The number of benzene rings is 1. The Hall–Kier alpha value is -1.31. The van der Waals surface area contributed by atoms with Gasteiger partial charge in [-0.05, 0) is 31.2 Å². The van der Waals surface area contributed by atoms with Crippen molar-refractivity contribution in [3.63, 3.8) is 0 Å². The van der Waals surface area contributed by atoms with Gasteiger partial charge in [-0.1, -0.05) is 6.07 Å². The average molecular weight is 312 g/mol. The normalized spacial score (nSPS) is 24.4. The Bertz CT molecular complexity index is 632. The fraction of sp³-hybridized carbons (Fsp3) is 0.571. The van der Waals surface area contributed by atoms with E-state index in [1.54, 1.807) is 0 Å². The van der Waals surface area contributed by atoms with Gasteiger partial charge in [0.25, 0.3) is 0 Å². The zero-order valence-corrected chi connectivity index (χ0v) is 12.8. The highest BCUT2D eigenvalue weighted by atomic mass is 32.2. The second-order valence-electron chi connectivity index (χ2n) is 5.59. The van der Waals surface area contributed by atoms with Gasteiger partial charge < -0.3 is 15.2 Å². The molecule has 0 radical (unpaired) electrons. The number of nitrogens with two attached hydrogens (primary N) is 1. The zero-order valence-electron chi connectivity index (χ0n) is 12.0. The van der Waals surface area contributed by atoms with Crippen LogP contribution in [0.15, 0.2) is 18.2 Å². The lowest BCUT2D eigenvalue weighted by Crippen LogP contribution is -2.39. The molecule has 3 rings (SSSR count). The summed E-state index contributed by atoms with van der Waals surface area (Å²) in [6, 6.07) is 5.76. The summed E-state index contributed by atoms with van der Waals surface area (Å²) in [6.07, 6.45) is 0.667. The summed E-state index contributed by atoms with van der Waals surface area (Å²) in [5, 5.41) is 0. The number of hydrogen-bond donors (Lipinski definition) is 1. The molecule has 2 N–H and O–H groups in total. The smallest absolute Gasteiger partial charge is 0.231 e. The summed E-state index contributed by atoms with van der Waals surface area (Å²) < 4.78 is 34.0. The van der Waals surface area contributed by atoms with Gasteiger partial charge in [-0.2, -0.15) is 0 Å². The number of sulfone groups is 1. The standard InChI is InChI=1S/C14H20N2O4S/c1-16(11-4-5-21(17,18)8-11)12(7-15)10-2-3-13-14(6-10)20-9-19-13/h2-3,6,11-12H,4-5,7-9,15H2,1H3. The van der Waals surface area contributed by atoms with Crippen LogP contribution in [0.2, 0.25) is 0 Å². The minimum Gasteiger partial charge on any atom is -0.454 e. The monoisotopic (exact) mass is 312 g/mol. The van der Waals surface area contributed by atoms with E-state index in [0.717, 1.165) is 17.1 Å². The molecular formula is C14H20N2O4S. The SMILES string of the molecule is CN(C1CCS(=O)(=O)C1)C(CN)c1ccc2c(c1)OCO2. The molecule has 2 unspecified atom stereocenters. The first kappa shape index (κ1) is 14.6. The van der Waals surface area contributed by atoms with Crippen LogP contribution in [0, 0.1) is 0 Å². The van der Waals surface area contributed by atoms with Crippen molar-refractivity contribution in [1.82, 2.24) is 4.90 Å². The van der Waals surface area contributed by atoms with E-state index in [9.17, 15) is 8.42 Å². The van der Waals surface area contributed by atoms with Gasteiger partial charge in [0, 0.05) is 18.6 Å². The third-order valence-electron chi connectivity index (χ3n) is 4.28. The first-order valence-electron chi connectivity index (χ1n) is 7.02. The third kappa shape index (κ3) is 2.86. The Morgan fingerprint density at radius 2 is 2.14 bits per heavy atom. The van der Waals surface area contributed by atoms with Crippen molar-refractivity contribution in [2.75, 3.05) is 31.9 Å². The molecule has 1 fully saturated rings. The number of rotatable bonds is 4. The highest BCUT2D eigenvalue weighted by Crippen LogP contribution is 2.36. The van der Waals surface area contributed by atoms with Crippen LogP contribution < -0.4 is 15.2 Å². The molecule has 1 saturated heterocycles. The second-order valence-corrected chi connectivity index (χ2v) is 7.82. The van der Waals surface area contributed by atoms with Crippen LogP contribution in [-0.2, 0) is 9.84 Å². The Morgan fingerprint density at radius 3 is 2.81 bits per heavy atom. The molecule has 2 aliphatic heterocycles. The maximum Gasteiger partial charge on any atom is 0.231 e. The van der Waals surface area contributed by atoms with Gasteiger partial charge in [-0.25, -0.2) is 8.42 Å². The van der Waals surface area contributed by atoms with Gasteiger partial charge in [0.2, 0.25) is 6.79 Å². The lowest BCUT2D eigenvalue weighted by atomic mass is 10.0. The van der Waals surface area contributed by atoms with Gasteiger partial charge in [-0.15, -0.1) is 0 Å². The van der Waals surface area contributed by atoms with Crippen LogP contribution in [0.1, 0.15) is 18.0 Å². The molecule has 1 aromatic rings. The number of likely N-dealkylation sites (N-methyl/N-ethyl adjacent to an activating group) is 1. The number of hydrogen-bond acceptors (Lipinski definition) is 6. The van der Waals surface area contributed by atoms with Crippen molar-refractivity contribution >= 4 is 9.84 Å². The molecule has 2 atom stereocenters. The van der Waals surface area contributed by atoms with Crippen LogP contribution in [0.5, 0.6) is 11.5 Å². The molecule has 7 heteroatoms. The van der Waals surface area contributed by atoms with E-state index in [1.807, 2.05) is 25.2 Å². The average Bonchev–Trinajstić information content (AvgIpc) is 3.05. The summed E-state index contributed by atoms with van der Waals surface area (Å²) in [5.74, 6) is 1.93. The number of nitrogens with zero attached hydrogens (tertiary/aromatic N) is 1. The lowest BCUT2D eigenvalue weighted by molar-refractivity contribution is 0.173. The lowest BCUT2D eigenvalue weighted by Gasteiger charge is -2.32. The summed E-state index contributed by atoms with van der Waals surface area (Å²) in [7, 11) is -0.963. The summed E-state index contributed by atoms with van der Waals surface area (Å²) in [6.45, 7) is 0.662. The van der Waals surface area contributed by atoms with Crippen LogP contribution in [0.25, 0.3) is 0 Å². The first-order chi connectivity index (χ1) is 10.00. The van der Waals surface area contributed by atoms with E-state index in [0.29, 0.717) is 13.0 Å². The van der Waals surface area contributed by atoms with Crippen molar-refractivity contribution in [1.29, 1.82) is 0 Å². The maximum atomic E-state index is 11.7. The molecule has 116 valence electrons. The molecule has 2 aliphatic rings. The van der Waals surface area contributed by atoms with Gasteiger partial charge in [0.15, 0.2) is 21.3 Å². The largest absolute Gasteiger partial charge is 0.454 e. The van der Waals surface area contributed by atoms with Crippen molar-refractivity contribution in [3.05, 3.63) is 23.8 Å². The second kappa shape index (κ2) is 5.47. The van der Waals surface area contributed by atoms with Crippen LogP contribution in [0.4, 0.5) is 0 Å². The maximum absolute atomic E-state index is 11.7. The number of fused-ring (bicyclic) bond motifs is 1. The van der Waals surface area contributed by atoms with Gasteiger partial charge in [0.1, 0.15) is 0 Å². The van der Waals surface area contributed by atoms with E-state index in [2.05, 4.69) is 4.90 Å². The van der Waals surface area contributed by atoms with E-state index in [-0.39, 0.29) is 30.4 Å². The summed E-state index contributed by atoms with van der Waals surface area (Å²) in [5.41, 5.74) is 6.94. The molecule has 2 heterocycles. The summed E-state index contributed by atoms with van der Waals surface area (Å²) >= 11 is 0. The molecule has 0 saturated carbocycles. The van der Waals surface area contributed by atoms with Crippen molar-refractivity contribution in [2.45, 2.75) is 18.5 Å². The van der Waals surface area contributed by atoms with Crippen LogP contribution in [-0.4, -0.2) is 51.3 Å². The van der Waals surface area contributed by atoms with Gasteiger partial charge >= 0.3 is 0 Å². The van der Waals surface area contributed by atoms with E-state index in [1.165, 1.54) is 0 Å². The van der Waals surface area contributed by atoms with E-state index in [4.69, 9.17) is 15.2 Å². The van der Waals surface area contributed by atoms with E-state index < -0.39 is 9.84 Å². The fourth-order valence-corrected chi connectivity index (χ4v) is 4.79. The minimum atomic E-state index is -2.90. The minimum absolute atomic E-state index is 0.0222. The Morgan fingerprint density at radius 1 is 1.38 bits per heavy atom. The fourth-order valence-electron chi connectivity index (χ4n) is 3.01. The molecule has 0 spiro atoms. The van der Waals surface area contributed by atoms with Crippen LogP contribution >= 0.6 is 0 Å².